The summed E-state index contributed by atoms with van der Waals surface area (Å²) in [5.41, 5.74) is 1.28. The second-order valence-corrected chi connectivity index (χ2v) is 2.32. The van der Waals surface area contributed by atoms with Gasteiger partial charge >= 0.3 is 0 Å². The minimum Gasteiger partial charge on any atom is -0.255 e. The number of aryl methyl sites for hydroxylation is 1. The molecule has 2 rings (SSSR count). The Morgan fingerprint density at radius 2 is 2.22 bits per heavy atom. The average Bonchev–Trinajstić information content (AvgIpc) is 1.78. The van der Waals surface area contributed by atoms with Gasteiger partial charge in [-0.3, -0.25) is 4.99 Å². The molecule has 0 bridgehead atoms. The van der Waals surface area contributed by atoms with Gasteiger partial charge in [0, 0.05) is 11.4 Å². The van der Waals surface area contributed by atoms with Gasteiger partial charge in [0.2, 0.25) is 0 Å². The summed E-state index contributed by atoms with van der Waals surface area (Å²) in [6.45, 7) is 2.08. The lowest BCUT2D eigenvalue weighted by Crippen LogP contribution is -2.30. The van der Waals surface area contributed by atoms with E-state index >= 15 is 0 Å². The van der Waals surface area contributed by atoms with E-state index in [2.05, 4.69) is 30.1 Å². The second kappa shape index (κ2) is 1.44. The average molecular weight is 117 g/mol. The van der Waals surface area contributed by atoms with Gasteiger partial charge < -0.3 is 0 Å². The SMILES string of the molecule is Cc1ccc2c(c1)=NC=2. The van der Waals surface area contributed by atoms with Crippen LogP contribution < -0.4 is 10.6 Å². The molecule has 0 aliphatic carbocycles. The summed E-state index contributed by atoms with van der Waals surface area (Å²) < 4.78 is 0. The van der Waals surface area contributed by atoms with Crippen molar-refractivity contribution < 1.29 is 0 Å². The minimum atomic E-state index is 1.13. The van der Waals surface area contributed by atoms with E-state index in [0.717, 1.165) is 5.36 Å². The quantitative estimate of drug-likeness (QED) is 0.465. The van der Waals surface area contributed by atoms with E-state index in [4.69, 9.17) is 0 Å². The first-order chi connectivity index (χ1) is 4.36. The van der Waals surface area contributed by atoms with Crippen molar-refractivity contribution in [1.29, 1.82) is 0 Å². The molecule has 0 atom stereocenters. The van der Waals surface area contributed by atoms with E-state index in [0.29, 0.717) is 0 Å². The van der Waals surface area contributed by atoms with Gasteiger partial charge in [0.05, 0.1) is 5.36 Å². The lowest BCUT2D eigenvalue weighted by Gasteiger charge is -1.97. The van der Waals surface area contributed by atoms with Gasteiger partial charge in [-0.2, -0.15) is 0 Å². The third kappa shape index (κ3) is 0.578. The van der Waals surface area contributed by atoms with E-state index in [1.165, 1.54) is 10.8 Å². The molecule has 0 spiro atoms. The van der Waals surface area contributed by atoms with E-state index in [1.807, 2.05) is 6.20 Å². The van der Waals surface area contributed by atoms with Gasteiger partial charge in [-0.25, -0.2) is 0 Å². The fraction of sp³-hybridized carbons (Fsp3) is 0.125. The molecule has 1 heteroatoms. The Morgan fingerprint density at radius 3 is 2.67 bits per heavy atom. The van der Waals surface area contributed by atoms with Crippen LogP contribution in [0.1, 0.15) is 5.56 Å². The van der Waals surface area contributed by atoms with Gasteiger partial charge in [0.25, 0.3) is 0 Å². The van der Waals surface area contributed by atoms with Crippen molar-refractivity contribution in [2.24, 2.45) is 4.99 Å². The van der Waals surface area contributed by atoms with Gasteiger partial charge in [-0.15, -0.1) is 0 Å². The van der Waals surface area contributed by atoms with E-state index < -0.39 is 0 Å². The third-order valence-corrected chi connectivity index (χ3v) is 1.53. The maximum Gasteiger partial charge on any atom is 0.0720 e. The zero-order valence-electron chi connectivity index (χ0n) is 5.26. The molecular weight excluding hydrogens is 110 g/mol. The summed E-state index contributed by atoms with van der Waals surface area (Å²) in [5, 5.41) is 2.40. The molecule has 1 aliphatic rings. The molecule has 0 radical (unpaired) electrons. The lowest BCUT2D eigenvalue weighted by atomic mass is 10.2. The Labute approximate surface area is 53.4 Å². The van der Waals surface area contributed by atoms with Crippen LogP contribution in [0, 0.1) is 6.92 Å². The number of benzene rings is 1. The number of hydrogen-bond acceptors (Lipinski definition) is 1. The molecule has 1 nitrogen and oxygen atoms in total. The Morgan fingerprint density at radius 1 is 1.33 bits per heavy atom. The molecule has 0 saturated carbocycles. The highest BCUT2D eigenvalue weighted by molar-refractivity contribution is 5.32. The number of fused-ring (bicyclic) bond motifs is 1. The predicted octanol–water partition coefficient (Wildman–Crippen LogP) is 0.366. The molecule has 1 aromatic rings. The highest BCUT2D eigenvalue weighted by Crippen LogP contribution is 1.88. The Kier molecular flexibility index (Phi) is 0.758. The van der Waals surface area contributed by atoms with Crippen LogP contribution in [-0.4, -0.2) is 0 Å². The summed E-state index contributed by atoms with van der Waals surface area (Å²) in [4.78, 5) is 4.07. The van der Waals surface area contributed by atoms with Gasteiger partial charge in [0.15, 0.2) is 0 Å². The van der Waals surface area contributed by atoms with Crippen molar-refractivity contribution in [2.45, 2.75) is 6.92 Å². The summed E-state index contributed by atoms with van der Waals surface area (Å²) in [7, 11) is 0. The maximum absolute atomic E-state index is 4.07. The number of nitrogens with zero attached hydrogens (tertiary/aromatic N) is 1. The van der Waals surface area contributed by atoms with Crippen molar-refractivity contribution in [3.8, 4) is 0 Å². The summed E-state index contributed by atoms with van der Waals surface area (Å²) >= 11 is 0. The molecule has 0 saturated heterocycles. The fourth-order valence-corrected chi connectivity index (χ4v) is 0.948. The van der Waals surface area contributed by atoms with Gasteiger partial charge in [-0.1, -0.05) is 12.1 Å². The minimum absolute atomic E-state index is 1.13. The molecular formula is C8H7N. The normalized spacial score (nSPS) is 12.6. The standard InChI is InChI=1S/C8H7N/c1-6-2-3-7-5-9-8(7)4-6/h2-5H,1H3. The first-order valence-electron chi connectivity index (χ1n) is 3.01. The highest BCUT2D eigenvalue weighted by atomic mass is 14.7. The topological polar surface area (TPSA) is 12.4 Å². The zero-order valence-corrected chi connectivity index (χ0v) is 5.26. The van der Waals surface area contributed by atoms with Crippen LogP contribution in [0.25, 0.3) is 6.20 Å². The van der Waals surface area contributed by atoms with Crippen molar-refractivity contribution in [3.63, 3.8) is 0 Å². The fourth-order valence-electron chi connectivity index (χ4n) is 0.948. The van der Waals surface area contributed by atoms with Crippen LogP contribution in [0.2, 0.25) is 0 Å². The first kappa shape index (κ1) is 4.74. The molecule has 9 heavy (non-hydrogen) atoms. The second-order valence-electron chi connectivity index (χ2n) is 2.32. The third-order valence-electron chi connectivity index (χ3n) is 1.53. The molecule has 1 aromatic carbocycles. The molecule has 0 amide bonds. The lowest BCUT2D eigenvalue weighted by molar-refractivity contribution is 1.24. The van der Waals surface area contributed by atoms with Crippen LogP contribution in [0.15, 0.2) is 23.2 Å². The van der Waals surface area contributed by atoms with E-state index in [-0.39, 0.29) is 0 Å². The molecule has 0 aromatic heterocycles. The van der Waals surface area contributed by atoms with Crippen molar-refractivity contribution >= 4 is 6.20 Å². The largest absolute Gasteiger partial charge is 0.255 e. The van der Waals surface area contributed by atoms with Crippen LogP contribution >= 0.6 is 0 Å². The van der Waals surface area contributed by atoms with Crippen molar-refractivity contribution in [1.82, 2.24) is 0 Å². The molecule has 0 fully saturated rings. The van der Waals surface area contributed by atoms with Crippen LogP contribution in [0.5, 0.6) is 0 Å². The van der Waals surface area contributed by atoms with Crippen LogP contribution in [-0.2, 0) is 0 Å². The highest BCUT2D eigenvalue weighted by Gasteiger charge is 1.92. The zero-order chi connectivity index (χ0) is 6.27. The molecule has 44 valence electrons. The van der Waals surface area contributed by atoms with Gasteiger partial charge in [-0.05, 0) is 18.6 Å². The Bertz CT molecular complexity index is 349. The smallest absolute Gasteiger partial charge is 0.0720 e. The summed E-state index contributed by atoms with van der Waals surface area (Å²) in [6.07, 6.45) is 1.88. The Balaban J connectivity index is 2.88. The number of hydrogen-bond donors (Lipinski definition) is 0. The molecule has 0 unspecified atom stereocenters. The van der Waals surface area contributed by atoms with E-state index in [9.17, 15) is 0 Å². The first-order valence-corrected chi connectivity index (χ1v) is 3.01. The van der Waals surface area contributed by atoms with E-state index in [1.54, 1.807) is 0 Å². The van der Waals surface area contributed by atoms with Crippen LogP contribution in [0.3, 0.4) is 0 Å². The van der Waals surface area contributed by atoms with Gasteiger partial charge in [0.1, 0.15) is 0 Å². The Hall–Kier alpha value is -1.11. The summed E-state index contributed by atoms with van der Waals surface area (Å²) in [5.74, 6) is 0. The monoisotopic (exact) mass is 117 g/mol. The van der Waals surface area contributed by atoms with Crippen LogP contribution in [0.4, 0.5) is 0 Å². The molecule has 1 aliphatic heterocycles. The predicted molar refractivity (Wildman–Crippen MR) is 36.4 cm³/mol. The molecule has 1 heterocycles. The molecule has 0 N–H and O–H groups in total. The maximum atomic E-state index is 4.07. The van der Waals surface area contributed by atoms with Crippen molar-refractivity contribution in [2.75, 3.05) is 0 Å². The summed E-state index contributed by atoms with van der Waals surface area (Å²) in [6, 6.07) is 6.29. The van der Waals surface area contributed by atoms with Crippen molar-refractivity contribution in [3.05, 3.63) is 34.3 Å². The number of rotatable bonds is 0.